The van der Waals surface area contributed by atoms with Gasteiger partial charge in [-0.1, -0.05) is 20.4 Å². The Hall–Kier alpha value is -0.830. The molecule has 3 heteroatoms. The van der Waals surface area contributed by atoms with Crippen LogP contribution in [0.2, 0.25) is 0 Å². The van der Waals surface area contributed by atoms with E-state index >= 15 is 0 Å². The molecule has 0 aliphatic carbocycles. The fraction of sp³-hybridized carbons (Fsp3) is 0.625. The maximum absolute atomic E-state index is 10.2. The third-order valence-corrected chi connectivity index (χ3v) is 1.73. The molecule has 0 radical (unpaired) electrons. The Morgan fingerprint density at radius 3 is 2.82 bits per heavy atom. The lowest BCUT2D eigenvalue weighted by atomic mass is 9.92. The number of hydrogen-bond donors (Lipinski definition) is 0. The molecule has 0 amide bonds. The van der Waals surface area contributed by atoms with Crippen LogP contribution in [0.3, 0.4) is 0 Å². The second-order valence-corrected chi connectivity index (χ2v) is 3.24. The first-order valence-electron chi connectivity index (χ1n) is 3.49. The molecule has 1 heterocycles. The van der Waals surface area contributed by atoms with Crippen LogP contribution in [0.25, 0.3) is 0 Å². The van der Waals surface area contributed by atoms with Gasteiger partial charge in [0.2, 0.25) is 0 Å². The van der Waals surface area contributed by atoms with Crippen molar-refractivity contribution in [2.75, 3.05) is 6.61 Å². The normalized spacial score (nSPS) is 29.3. The van der Waals surface area contributed by atoms with E-state index in [1.807, 2.05) is 13.8 Å². The lowest BCUT2D eigenvalue weighted by Crippen LogP contribution is -2.36. The van der Waals surface area contributed by atoms with Crippen LogP contribution < -0.4 is 0 Å². The van der Waals surface area contributed by atoms with Crippen LogP contribution in [0.5, 0.6) is 0 Å². The van der Waals surface area contributed by atoms with E-state index < -0.39 is 6.29 Å². The van der Waals surface area contributed by atoms with Gasteiger partial charge < -0.3 is 9.47 Å². The fourth-order valence-corrected chi connectivity index (χ4v) is 0.772. The van der Waals surface area contributed by atoms with E-state index in [2.05, 4.69) is 6.58 Å². The molecule has 0 aromatic carbocycles. The summed E-state index contributed by atoms with van der Waals surface area (Å²) in [6, 6.07) is 0. The van der Waals surface area contributed by atoms with E-state index in [0.29, 0.717) is 18.7 Å². The molecular weight excluding hydrogens is 144 g/mol. The lowest BCUT2D eigenvalue weighted by Gasteiger charge is -2.34. The van der Waals surface area contributed by atoms with Gasteiger partial charge in [0, 0.05) is 5.41 Å². The monoisotopic (exact) mass is 156 g/mol. The number of carbonyl (C=O) groups excluding carboxylic acids is 1. The molecule has 0 saturated carbocycles. The van der Waals surface area contributed by atoms with Gasteiger partial charge in [-0.15, -0.1) is 0 Å². The van der Waals surface area contributed by atoms with Gasteiger partial charge in [0.05, 0.1) is 6.61 Å². The van der Waals surface area contributed by atoms with Gasteiger partial charge in [-0.2, -0.15) is 0 Å². The molecule has 0 spiro atoms. The van der Waals surface area contributed by atoms with Crippen LogP contribution >= 0.6 is 0 Å². The molecule has 1 atom stereocenters. The number of carbonyl (C=O) groups is 1. The standard InChI is InChI=1S/C8H12O3/c1-6-8(2,3)5-10-7(4-9)11-6/h4,7H,1,5H2,2-3H3. The number of hydrogen-bond acceptors (Lipinski definition) is 3. The molecule has 3 nitrogen and oxygen atoms in total. The minimum absolute atomic E-state index is 0.181. The summed E-state index contributed by atoms with van der Waals surface area (Å²) >= 11 is 0. The Morgan fingerprint density at radius 1 is 1.73 bits per heavy atom. The first-order valence-corrected chi connectivity index (χ1v) is 3.49. The molecule has 1 fully saturated rings. The molecule has 1 saturated heterocycles. The van der Waals surface area contributed by atoms with Crippen LogP contribution in [-0.4, -0.2) is 19.2 Å². The summed E-state index contributed by atoms with van der Waals surface area (Å²) in [6.07, 6.45) is -0.129. The van der Waals surface area contributed by atoms with Crippen LogP contribution in [-0.2, 0) is 14.3 Å². The Balaban J connectivity index is 2.62. The summed E-state index contributed by atoms with van der Waals surface area (Å²) in [6.45, 7) is 8.09. The zero-order valence-electron chi connectivity index (χ0n) is 6.79. The van der Waals surface area contributed by atoms with Gasteiger partial charge in [-0.05, 0) is 0 Å². The fourth-order valence-electron chi connectivity index (χ4n) is 0.772. The van der Waals surface area contributed by atoms with Gasteiger partial charge in [-0.3, -0.25) is 4.79 Å². The molecule has 62 valence electrons. The van der Waals surface area contributed by atoms with Crippen molar-refractivity contribution >= 4 is 6.29 Å². The van der Waals surface area contributed by atoms with Crippen molar-refractivity contribution in [1.82, 2.24) is 0 Å². The summed E-state index contributed by atoms with van der Waals surface area (Å²) in [7, 11) is 0. The van der Waals surface area contributed by atoms with E-state index in [4.69, 9.17) is 9.47 Å². The molecule has 1 unspecified atom stereocenters. The van der Waals surface area contributed by atoms with Crippen molar-refractivity contribution in [1.29, 1.82) is 0 Å². The smallest absolute Gasteiger partial charge is 0.256 e. The van der Waals surface area contributed by atoms with Crippen molar-refractivity contribution in [3.63, 3.8) is 0 Å². The Labute approximate surface area is 66.0 Å². The highest BCUT2D eigenvalue weighted by molar-refractivity contribution is 5.54. The second-order valence-electron chi connectivity index (χ2n) is 3.24. The first kappa shape index (κ1) is 8.27. The zero-order valence-corrected chi connectivity index (χ0v) is 6.79. The lowest BCUT2D eigenvalue weighted by molar-refractivity contribution is -0.181. The van der Waals surface area contributed by atoms with E-state index in [9.17, 15) is 4.79 Å². The molecule has 0 N–H and O–H groups in total. The summed E-state index contributed by atoms with van der Waals surface area (Å²) < 4.78 is 10.1. The first-order chi connectivity index (χ1) is 5.06. The Kier molecular flexibility index (Phi) is 2.00. The minimum Gasteiger partial charge on any atom is -0.462 e. The topological polar surface area (TPSA) is 35.5 Å². The Morgan fingerprint density at radius 2 is 2.36 bits per heavy atom. The van der Waals surface area contributed by atoms with Crippen LogP contribution in [0, 0.1) is 5.41 Å². The maximum Gasteiger partial charge on any atom is 0.256 e. The van der Waals surface area contributed by atoms with Crippen molar-refractivity contribution in [3.8, 4) is 0 Å². The molecule has 1 aliphatic heterocycles. The predicted octanol–water partition coefficient (Wildman–Crippen LogP) is 1.10. The molecule has 1 rings (SSSR count). The number of aldehydes is 1. The van der Waals surface area contributed by atoms with E-state index in [0.717, 1.165) is 0 Å². The Bertz CT molecular complexity index is 184. The van der Waals surface area contributed by atoms with Crippen molar-refractivity contribution in [2.45, 2.75) is 20.1 Å². The third-order valence-electron chi connectivity index (χ3n) is 1.73. The van der Waals surface area contributed by atoms with Crippen LogP contribution in [0.1, 0.15) is 13.8 Å². The largest absolute Gasteiger partial charge is 0.462 e. The molecule has 0 aromatic rings. The molecule has 0 bridgehead atoms. The third kappa shape index (κ3) is 1.60. The average Bonchev–Trinajstić information content (AvgIpc) is 1.95. The van der Waals surface area contributed by atoms with Crippen molar-refractivity contribution in [3.05, 3.63) is 12.3 Å². The van der Waals surface area contributed by atoms with Crippen LogP contribution in [0.4, 0.5) is 0 Å². The molecular formula is C8H12O3. The minimum atomic E-state index is -0.754. The van der Waals surface area contributed by atoms with Crippen molar-refractivity contribution < 1.29 is 14.3 Å². The highest BCUT2D eigenvalue weighted by Crippen LogP contribution is 2.31. The van der Waals surface area contributed by atoms with Gasteiger partial charge in [0.25, 0.3) is 6.29 Å². The average molecular weight is 156 g/mol. The highest BCUT2D eigenvalue weighted by Gasteiger charge is 2.32. The van der Waals surface area contributed by atoms with Crippen molar-refractivity contribution in [2.24, 2.45) is 5.41 Å². The predicted molar refractivity (Wildman–Crippen MR) is 39.8 cm³/mol. The van der Waals surface area contributed by atoms with Gasteiger partial charge >= 0.3 is 0 Å². The highest BCUT2D eigenvalue weighted by atomic mass is 16.7. The van der Waals surface area contributed by atoms with E-state index in [1.165, 1.54) is 0 Å². The molecule has 0 aromatic heterocycles. The van der Waals surface area contributed by atoms with Gasteiger partial charge in [0.1, 0.15) is 5.76 Å². The van der Waals surface area contributed by atoms with Gasteiger partial charge in [0.15, 0.2) is 6.29 Å². The number of ether oxygens (including phenoxy) is 2. The molecule has 11 heavy (non-hydrogen) atoms. The quantitative estimate of drug-likeness (QED) is 0.533. The summed E-state index contributed by atoms with van der Waals surface area (Å²) in [5, 5.41) is 0. The summed E-state index contributed by atoms with van der Waals surface area (Å²) in [4.78, 5) is 10.2. The maximum atomic E-state index is 10.2. The van der Waals surface area contributed by atoms with Gasteiger partial charge in [-0.25, -0.2) is 0 Å². The second kappa shape index (κ2) is 2.66. The number of rotatable bonds is 1. The SMILES string of the molecule is C=C1OC(C=O)OCC1(C)C. The summed E-state index contributed by atoms with van der Waals surface area (Å²) in [5.41, 5.74) is -0.181. The van der Waals surface area contributed by atoms with Crippen LogP contribution in [0.15, 0.2) is 12.3 Å². The summed E-state index contributed by atoms with van der Waals surface area (Å²) in [5.74, 6) is 0.612. The zero-order chi connectivity index (χ0) is 8.48. The van der Waals surface area contributed by atoms with E-state index in [-0.39, 0.29) is 5.41 Å². The van der Waals surface area contributed by atoms with E-state index in [1.54, 1.807) is 0 Å². The molecule has 1 aliphatic rings.